The van der Waals surface area contributed by atoms with Crippen LogP contribution in [0.2, 0.25) is 0 Å². The maximum absolute atomic E-state index is 12.5. The molecule has 1 aromatic rings. The van der Waals surface area contributed by atoms with Crippen molar-refractivity contribution in [2.75, 3.05) is 26.2 Å². The lowest BCUT2D eigenvalue weighted by atomic mass is 10.0. The lowest BCUT2D eigenvalue weighted by Crippen LogP contribution is -2.51. The van der Waals surface area contributed by atoms with Gasteiger partial charge in [0.25, 0.3) is 0 Å². The van der Waals surface area contributed by atoms with Crippen molar-refractivity contribution in [1.82, 2.24) is 15.1 Å². The van der Waals surface area contributed by atoms with E-state index in [1.165, 1.54) is 12.8 Å². The molecule has 2 fully saturated rings. The number of nitrogens with zero attached hydrogens (tertiary/aromatic N) is 2. The fourth-order valence-electron chi connectivity index (χ4n) is 3.77. The zero-order valence-corrected chi connectivity index (χ0v) is 14.4. The lowest BCUT2D eigenvalue weighted by molar-refractivity contribution is 0.164. The van der Waals surface area contributed by atoms with Crippen LogP contribution >= 0.6 is 0 Å². The number of phenolic OH excluding ortho intramolecular Hbond substituents is 1. The number of hydrogen-bond donors (Lipinski definition) is 2. The van der Waals surface area contributed by atoms with Gasteiger partial charge in [-0.3, -0.25) is 4.90 Å². The molecule has 2 N–H and O–H groups in total. The van der Waals surface area contributed by atoms with Gasteiger partial charge in [-0.05, 0) is 49.9 Å². The fraction of sp³-hybridized carbons (Fsp3) is 0.632. The third kappa shape index (κ3) is 4.87. The van der Waals surface area contributed by atoms with Crippen molar-refractivity contribution < 1.29 is 9.90 Å². The van der Waals surface area contributed by atoms with E-state index >= 15 is 0 Å². The minimum atomic E-state index is 0.112. The summed E-state index contributed by atoms with van der Waals surface area (Å²) < 4.78 is 0. The summed E-state index contributed by atoms with van der Waals surface area (Å²) in [6.07, 6.45) is 6.89. The van der Waals surface area contributed by atoms with Crippen LogP contribution in [0.5, 0.6) is 5.75 Å². The summed E-state index contributed by atoms with van der Waals surface area (Å²) in [4.78, 5) is 16.8. The number of piperidine rings is 1. The Morgan fingerprint density at radius 2 is 1.92 bits per heavy atom. The highest BCUT2D eigenvalue weighted by Crippen LogP contribution is 2.17. The van der Waals surface area contributed by atoms with E-state index in [4.69, 9.17) is 0 Å². The molecule has 2 aliphatic heterocycles. The fourth-order valence-corrected chi connectivity index (χ4v) is 3.77. The van der Waals surface area contributed by atoms with Gasteiger partial charge in [0, 0.05) is 32.2 Å². The molecule has 2 amide bonds. The Morgan fingerprint density at radius 1 is 1.12 bits per heavy atom. The summed E-state index contributed by atoms with van der Waals surface area (Å²) in [5.74, 6) is 0.315. The van der Waals surface area contributed by atoms with E-state index in [-0.39, 0.29) is 12.1 Å². The van der Waals surface area contributed by atoms with E-state index in [2.05, 4.69) is 10.2 Å². The molecular formula is C19H29N3O2. The molecule has 0 aliphatic carbocycles. The maximum Gasteiger partial charge on any atom is 0.317 e. The molecule has 0 saturated carbocycles. The number of phenols is 1. The van der Waals surface area contributed by atoms with Gasteiger partial charge in [0.15, 0.2) is 0 Å². The molecule has 24 heavy (non-hydrogen) atoms. The molecule has 0 radical (unpaired) electrons. The smallest absolute Gasteiger partial charge is 0.317 e. The minimum Gasteiger partial charge on any atom is -0.508 e. The van der Waals surface area contributed by atoms with Crippen LogP contribution in [0, 0.1) is 0 Å². The van der Waals surface area contributed by atoms with Gasteiger partial charge in [-0.25, -0.2) is 4.79 Å². The first-order chi connectivity index (χ1) is 11.7. The average Bonchev–Trinajstić information content (AvgIpc) is 2.84. The molecule has 3 rings (SSSR count). The highest BCUT2D eigenvalue weighted by atomic mass is 16.3. The highest BCUT2D eigenvalue weighted by Gasteiger charge is 2.24. The van der Waals surface area contributed by atoms with Crippen LogP contribution in [-0.4, -0.2) is 53.2 Å². The van der Waals surface area contributed by atoms with Crippen molar-refractivity contribution >= 4 is 6.03 Å². The first-order valence-electron chi connectivity index (χ1n) is 9.26. The normalized spacial score (nSPS) is 22.8. The Kier molecular flexibility index (Phi) is 5.96. The molecule has 0 spiro atoms. The molecule has 132 valence electrons. The van der Waals surface area contributed by atoms with Crippen molar-refractivity contribution in [3.05, 3.63) is 29.8 Å². The molecular weight excluding hydrogens is 302 g/mol. The van der Waals surface area contributed by atoms with E-state index in [9.17, 15) is 9.90 Å². The quantitative estimate of drug-likeness (QED) is 0.895. The molecule has 0 bridgehead atoms. The maximum atomic E-state index is 12.5. The zero-order chi connectivity index (χ0) is 16.8. The van der Waals surface area contributed by atoms with Crippen LogP contribution in [0.3, 0.4) is 0 Å². The predicted octanol–water partition coefficient (Wildman–Crippen LogP) is 2.94. The van der Waals surface area contributed by atoms with Crippen LogP contribution in [0.4, 0.5) is 4.79 Å². The van der Waals surface area contributed by atoms with E-state index in [1.54, 1.807) is 6.07 Å². The van der Waals surface area contributed by atoms with Crippen molar-refractivity contribution in [3.63, 3.8) is 0 Å². The van der Waals surface area contributed by atoms with Crippen LogP contribution in [0.15, 0.2) is 24.3 Å². The lowest BCUT2D eigenvalue weighted by Gasteiger charge is -2.34. The first kappa shape index (κ1) is 17.1. The Balaban J connectivity index is 1.50. The van der Waals surface area contributed by atoms with E-state index in [1.807, 2.05) is 23.1 Å². The Hall–Kier alpha value is -1.75. The van der Waals surface area contributed by atoms with Crippen LogP contribution < -0.4 is 5.32 Å². The summed E-state index contributed by atoms with van der Waals surface area (Å²) in [5.41, 5.74) is 1.12. The number of nitrogens with one attached hydrogen (secondary N) is 1. The highest BCUT2D eigenvalue weighted by molar-refractivity contribution is 5.74. The SMILES string of the molecule is O=C(NC1CCCN(Cc2cccc(O)c2)C1)N1CCCCCC1. The summed E-state index contributed by atoms with van der Waals surface area (Å²) in [5, 5.41) is 12.8. The number of benzene rings is 1. The molecule has 0 aromatic heterocycles. The van der Waals surface area contributed by atoms with Gasteiger partial charge in [-0.1, -0.05) is 25.0 Å². The number of carbonyl (C=O) groups excluding carboxylic acids is 1. The summed E-state index contributed by atoms with van der Waals surface area (Å²) in [7, 11) is 0. The Bertz CT molecular complexity index is 541. The molecule has 1 aromatic carbocycles. The van der Waals surface area contributed by atoms with Gasteiger partial charge >= 0.3 is 6.03 Å². The molecule has 2 saturated heterocycles. The molecule has 2 aliphatic rings. The van der Waals surface area contributed by atoms with Gasteiger partial charge in [-0.15, -0.1) is 0 Å². The van der Waals surface area contributed by atoms with Crippen molar-refractivity contribution in [1.29, 1.82) is 0 Å². The van der Waals surface area contributed by atoms with Crippen molar-refractivity contribution in [2.45, 2.75) is 51.1 Å². The monoisotopic (exact) mass is 331 g/mol. The van der Waals surface area contributed by atoms with Crippen LogP contribution in [0.25, 0.3) is 0 Å². The number of likely N-dealkylation sites (tertiary alicyclic amines) is 2. The Labute approximate surface area is 144 Å². The van der Waals surface area contributed by atoms with E-state index < -0.39 is 0 Å². The number of urea groups is 1. The average molecular weight is 331 g/mol. The van der Waals surface area contributed by atoms with Gasteiger partial charge in [-0.2, -0.15) is 0 Å². The molecule has 1 atom stereocenters. The topological polar surface area (TPSA) is 55.8 Å². The summed E-state index contributed by atoms with van der Waals surface area (Å²) >= 11 is 0. The number of amides is 2. The minimum absolute atomic E-state index is 0.112. The predicted molar refractivity (Wildman–Crippen MR) is 95.0 cm³/mol. The Morgan fingerprint density at radius 3 is 2.67 bits per heavy atom. The zero-order valence-electron chi connectivity index (χ0n) is 14.4. The van der Waals surface area contributed by atoms with Crippen LogP contribution in [-0.2, 0) is 6.54 Å². The molecule has 1 unspecified atom stereocenters. The second-order valence-corrected chi connectivity index (χ2v) is 7.09. The van der Waals surface area contributed by atoms with Gasteiger partial charge in [0.05, 0.1) is 0 Å². The molecule has 5 nitrogen and oxygen atoms in total. The third-order valence-corrected chi connectivity index (χ3v) is 5.04. The van der Waals surface area contributed by atoms with Crippen LogP contribution in [0.1, 0.15) is 44.1 Å². The van der Waals surface area contributed by atoms with Crippen molar-refractivity contribution in [3.8, 4) is 5.75 Å². The van der Waals surface area contributed by atoms with Gasteiger partial charge < -0.3 is 15.3 Å². The van der Waals surface area contributed by atoms with E-state index in [0.717, 1.165) is 64.0 Å². The second kappa shape index (κ2) is 8.38. The number of carbonyl (C=O) groups is 1. The summed E-state index contributed by atoms with van der Waals surface area (Å²) in [6, 6.07) is 7.78. The number of aromatic hydroxyl groups is 1. The number of hydrogen-bond acceptors (Lipinski definition) is 3. The first-order valence-corrected chi connectivity index (χ1v) is 9.26. The summed E-state index contributed by atoms with van der Waals surface area (Å²) in [6.45, 7) is 4.54. The van der Waals surface area contributed by atoms with Gasteiger partial charge in [0.1, 0.15) is 5.75 Å². The third-order valence-electron chi connectivity index (χ3n) is 5.04. The molecule has 5 heteroatoms. The second-order valence-electron chi connectivity index (χ2n) is 7.09. The standard InChI is InChI=1S/C19H29N3O2/c23-18-9-5-7-16(13-18)14-21-10-6-8-17(15-21)20-19(24)22-11-3-1-2-4-12-22/h5,7,9,13,17,23H,1-4,6,8,10-12,14-15H2,(H,20,24). The van der Waals surface area contributed by atoms with Gasteiger partial charge in [0.2, 0.25) is 0 Å². The van der Waals surface area contributed by atoms with Crippen molar-refractivity contribution in [2.24, 2.45) is 0 Å². The molecule has 2 heterocycles. The largest absolute Gasteiger partial charge is 0.508 e. The van der Waals surface area contributed by atoms with E-state index in [0.29, 0.717) is 5.75 Å². The number of rotatable bonds is 3.